The average Bonchev–Trinajstić information content (AvgIpc) is 2.74. The highest BCUT2D eigenvalue weighted by Gasteiger charge is 2.30. The molecule has 0 aromatic heterocycles. The Labute approximate surface area is 176 Å². The first-order chi connectivity index (χ1) is 14.0. The monoisotopic (exact) mass is 410 g/mol. The van der Waals surface area contributed by atoms with Gasteiger partial charge in [0, 0.05) is 18.3 Å². The van der Waals surface area contributed by atoms with E-state index in [1.807, 2.05) is 73.7 Å². The molecule has 0 saturated carbocycles. The first-order valence-electron chi connectivity index (χ1n) is 9.38. The van der Waals surface area contributed by atoms with Crippen LogP contribution in [0.25, 0.3) is 0 Å². The molecular weight excluding hydrogens is 384 g/mol. The van der Waals surface area contributed by atoms with Gasteiger partial charge in [-0.3, -0.25) is 4.79 Å². The average molecular weight is 411 g/mol. The highest BCUT2D eigenvalue weighted by molar-refractivity contribution is 8.13. The van der Waals surface area contributed by atoms with Crippen LogP contribution in [0.2, 0.25) is 0 Å². The molecule has 0 bridgehead atoms. The van der Waals surface area contributed by atoms with Gasteiger partial charge in [0.05, 0.1) is 7.11 Å². The lowest BCUT2D eigenvalue weighted by atomic mass is 9.93. The molecule has 1 atom stereocenters. The van der Waals surface area contributed by atoms with E-state index >= 15 is 0 Å². The molecule has 0 saturated heterocycles. The second-order valence-corrected chi connectivity index (χ2v) is 7.59. The second-order valence-electron chi connectivity index (χ2n) is 6.82. The van der Waals surface area contributed by atoms with Crippen molar-refractivity contribution in [2.24, 2.45) is 4.99 Å². The molecule has 0 radical (unpaired) electrons. The number of allylic oxidation sites excluding steroid dienone is 1. The first-order valence-corrected chi connectivity index (χ1v) is 10.6. The van der Waals surface area contributed by atoms with E-state index in [1.165, 1.54) is 0 Å². The molecule has 0 aliphatic carbocycles. The first kappa shape index (κ1) is 21.0. The van der Waals surface area contributed by atoms with Crippen molar-refractivity contribution < 1.29 is 14.3 Å². The molecule has 1 aliphatic rings. The molecule has 2 aromatic rings. The van der Waals surface area contributed by atoms with Crippen LogP contribution in [0.4, 0.5) is 0 Å². The van der Waals surface area contributed by atoms with Gasteiger partial charge >= 0.3 is 0 Å². The van der Waals surface area contributed by atoms with Crippen LogP contribution in [-0.4, -0.2) is 36.3 Å². The molecule has 5 nitrogen and oxygen atoms in total. The standard InChI is InChI=1S/C23H26N2O3S/c1-15-21(16(2)26)22(24-23(29-5)25(15)3)18-11-12-19(20(13-18)27-4)28-14-17-9-7-6-8-10-17/h6-13,22H,14H2,1-5H3/t22-/m0/s1. The van der Waals surface area contributed by atoms with E-state index in [9.17, 15) is 4.79 Å². The zero-order valence-corrected chi connectivity index (χ0v) is 18.2. The van der Waals surface area contributed by atoms with Gasteiger partial charge in [0.15, 0.2) is 22.4 Å². The van der Waals surface area contributed by atoms with Crippen molar-refractivity contribution in [1.29, 1.82) is 0 Å². The summed E-state index contributed by atoms with van der Waals surface area (Å²) in [7, 11) is 3.55. The van der Waals surface area contributed by atoms with Gasteiger partial charge in [-0.05, 0) is 43.4 Å². The number of nitrogens with zero attached hydrogens (tertiary/aromatic N) is 2. The number of amidine groups is 1. The lowest BCUT2D eigenvalue weighted by Crippen LogP contribution is -2.31. The number of benzene rings is 2. The Morgan fingerprint density at radius 3 is 2.52 bits per heavy atom. The summed E-state index contributed by atoms with van der Waals surface area (Å²) in [4.78, 5) is 19.2. The molecule has 1 heterocycles. The number of aliphatic imine (C=N–C) groups is 1. The van der Waals surface area contributed by atoms with Crippen LogP contribution in [0.5, 0.6) is 11.5 Å². The van der Waals surface area contributed by atoms with Gasteiger partial charge in [-0.1, -0.05) is 48.2 Å². The second kappa shape index (κ2) is 9.18. The fourth-order valence-corrected chi connectivity index (χ4v) is 3.99. The highest BCUT2D eigenvalue weighted by Crippen LogP contribution is 2.39. The van der Waals surface area contributed by atoms with Crippen LogP contribution in [0, 0.1) is 0 Å². The zero-order valence-electron chi connectivity index (χ0n) is 17.4. The van der Waals surface area contributed by atoms with Crippen molar-refractivity contribution in [3.63, 3.8) is 0 Å². The van der Waals surface area contributed by atoms with Crippen LogP contribution in [-0.2, 0) is 11.4 Å². The van der Waals surface area contributed by atoms with Crippen molar-refractivity contribution in [1.82, 2.24) is 4.90 Å². The summed E-state index contributed by atoms with van der Waals surface area (Å²) in [5.74, 6) is 1.30. The van der Waals surface area contributed by atoms with Gasteiger partial charge in [-0.25, -0.2) is 4.99 Å². The van der Waals surface area contributed by atoms with E-state index in [2.05, 4.69) is 0 Å². The van der Waals surface area contributed by atoms with Crippen LogP contribution in [0.3, 0.4) is 0 Å². The van der Waals surface area contributed by atoms with Gasteiger partial charge in [0.1, 0.15) is 12.6 Å². The van der Waals surface area contributed by atoms with Crippen molar-refractivity contribution >= 4 is 22.7 Å². The molecule has 0 spiro atoms. The number of hydrogen-bond donors (Lipinski definition) is 0. The normalized spacial score (nSPS) is 16.5. The van der Waals surface area contributed by atoms with Crippen molar-refractivity contribution in [3.8, 4) is 11.5 Å². The summed E-state index contributed by atoms with van der Waals surface area (Å²) in [5.41, 5.74) is 3.61. The molecule has 3 rings (SSSR count). The Hall–Kier alpha value is -2.73. The van der Waals surface area contributed by atoms with E-state index < -0.39 is 0 Å². The minimum atomic E-state index is -0.358. The maximum Gasteiger partial charge on any atom is 0.163 e. The van der Waals surface area contributed by atoms with Crippen molar-refractivity contribution in [2.75, 3.05) is 20.4 Å². The minimum absolute atomic E-state index is 0.0200. The summed E-state index contributed by atoms with van der Waals surface area (Å²) in [6, 6.07) is 15.4. The number of ketones is 1. The third-order valence-electron chi connectivity index (χ3n) is 5.00. The largest absolute Gasteiger partial charge is 0.493 e. The molecule has 0 N–H and O–H groups in total. The molecule has 1 aliphatic heterocycles. The smallest absolute Gasteiger partial charge is 0.163 e. The number of rotatable bonds is 6. The number of hydrogen-bond acceptors (Lipinski definition) is 6. The fourth-order valence-electron chi connectivity index (χ4n) is 3.37. The quantitative estimate of drug-likeness (QED) is 0.682. The van der Waals surface area contributed by atoms with Crippen LogP contribution in [0.15, 0.2) is 64.8 Å². The van der Waals surface area contributed by atoms with E-state index in [4.69, 9.17) is 14.5 Å². The van der Waals surface area contributed by atoms with Crippen molar-refractivity contribution in [3.05, 3.63) is 70.9 Å². The van der Waals surface area contributed by atoms with E-state index in [0.717, 1.165) is 22.0 Å². The van der Waals surface area contributed by atoms with Gasteiger partial charge in [0.25, 0.3) is 0 Å². The van der Waals surface area contributed by atoms with Gasteiger partial charge < -0.3 is 14.4 Å². The Morgan fingerprint density at radius 1 is 1.17 bits per heavy atom. The summed E-state index contributed by atoms with van der Waals surface area (Å²) >= 11 is 1.56. The Kier molecular flexibility index (Phi) is 6.64. The summed E-state index contributed by atoms with van der Waals surface area (Å²) in [6.45, 7) is 4.01. The lowest BCUT2D eigenvalue weighted by molar-refractivity contribution is -0.114. The molecule has 0 fully saturated rings. The highest BCUT2D eigenvalue weighted by atomic mass is 32.2. The van der Waals surface area contributed by atoms with Crippen LogP contribution in [0.1, 0.15) is 31.0 Å². The maximum atomic E-state index is 12.4. The van der Waals surface area contributed by atoms with Gasteiger partial charge in [-0.2, -0.15) is 0 Å². The SMILES string of the molecule is COc1cc([C@@H]2N=C(SC)N(C)C(C)=C2C(C)=O)ccc1OCc1ccccc1. The van der Waals surface area contributed by atoms with Crippen LogP contribution < -0.4 is 9.47 Å². The fraction of sp³-hybridized carbons (Fsp3) is 0.304. The Morgan fingerprint density at radius 2 is 1.90 bits per heavy atom. The number of thioether (sulfide) groups is 1. The molecule has 29 heavy (non-hydrogen) atoms. The third-order valence-corrected chi connectivity index (χ3v) is 5.74. The molecule has 6 heteroatoms. The predicted octanol–water partition coefficient (Wildman–Crippen LogP) is 4.84. The summed E-state index contributed by atoms with van der Waals surface area (Å²) < 4.78 is 11.5. The minimum Gasteiger partial charge on any atom is -0.493 e. The van der Waals surface area contributed by atoms with E-state index in [1.54, 1.807) is 25.8 Å². The summed E-state index contributed by atoms with van der Waals surface area (Å²) in [5, 5.41) is 0.876. The van der Waals surface area contributed by atoms with E-state index in [-0.39, 0.29) is 11.8 Å². The van der Waals surface area contributed by atoms with Crippen LogP contribution >= 0.6 is 11.8 Å². The zero-order chi connectivity index (χ0) is 21.0. The topological polar surface area (TPSA) is 51.1 Å². The van der Waals surface area contributed by atoms with E-state index in [0.29, 0.717) is 23.7 Å². The van der Waals surface area contributed by atoms with Gasteiger partial charge in [0.2, 0.25) is 0 Å². The molecule has 0 amide bonds. The van der Waals surface area contributed by atoms with Gasteiger partial charge in [-0.15, -0.1) is 0 Å². The number of Topliss-reactive ketones (excluding diaryl/α,β-unsaturated/α-hetero) is 1. The number of carbonyl (C=O) groups is 1. The number of ether oxygens (including phenoxy) is 2. The molecule has 0 unspecified atom stereocenters. The maximum absolute atomic E-state index is 12.4. The lowest BCUT2D eigenvalue weighted by Gasteiger charge is -2.31. The number of methoxy groups -OCH3 is 1. The Bertz CT molecular complexity index is 954. The van der Waals surface area contributed by atoms with Crippen molar-refractivity contribution in [2.45, 2.75) is 26.5 Å². The number of carbonyl (C=O) groups excluding carboxylic acids is 1. The summed E-state index contributed by atoms with van der Waals surface area (Å²) in [6.07, 6.45) is 1.99. The Balaban J connectivity index is 1.93. The molecule has 152 valence electrons. The third kappa shape index (κ3) is 4.48. The predicted molar refractivity (Wildman–Crippen MR) is 119 cm³/mol. The molecule has 2 aromatic carbocycles. The molecular formula is C23H26N2O3S.